The SMILES string of the molecule is Cc1nc(C(F)(F)F)cn1-c1ccc(NCc2c(F)cncc2F)cc1F. The molecule has 2 aromatic heterocycles. The molecule has 0 saturated carbocycles. The minimum atomic E-state index is -4.65. The van der Waals surface area contributed by atoms with Crippen LogP contribution in [0.5, 0.6) is 0 Å². The van der Waals surface area contributed by atoms with E-state index in [1.165, 1.54) is 19.1 Å². The van der Waals surface area contributed by atoms with Crippen molar-refractivity contribution in [3.63, 3.8) is 0 Å². The lowest BCUT2D eigenvalue weighted by Gasteiger charge is -2.11. The number of imidazole rings is 1. The molecule has 0 aliphatic rings. The van der Waals surface area contributed by atoms with Crippen molar-refractivity contribution < 1.29 is 26.3 Å². The number of rotatable bonds is 4. The highest BCUT2D eigenvalue weighted by molar-refractivity contribution is 5.50. The standard InChI is InChI=1S/C17H12F6N4/c1-9-26-16(17(21,22)23)8-27(9)15-3-2-10(4-12(15)18)25-5-11-13(19)6-24-7-14(11)20/h2-4,6-8,25H,5H2,1H3. The Bertz CT molecular complexity index is 960. The van der Waals surface area contributed by atoms with Crippen LogP contribution in [0.15, 0.2) is 36.8 Å². The number of halogens is 6. The van der Waals surface area contributed by atoms with Crippen LogP contribution in [0.3, 0.4) is 0 Å². The first-order chi connectivity index (χ1) is 12.7. The molecule has 10 heteroatoms. The van der Waals surface area contributed by atoms with Crippen LogP contribution in [-0.2, 0) is 12.7 Å². The van der Waals surface area contributed by atoms with Gasteiger partial charge in [-0.2, -0.15) is 13.2 Å². The largest absolute Gasteiger partial charge is 0.434 e. The van der Waals surface area contributed by atoms with Crippen molar-refractivity contribution in [2.45, 2.75) is 19.6 Å². The molecular weight excluding hydrogens is 374 g/mol. The van der Waals surface area contributed by atoms with Gasteiger partial charge in [-0.3, -0.25) is 4.98 Å². The third-order valence-electron chi connectivity index (χ3n) is 3.80. The summed E-state index contributed by atoms with van der Waals surface area (Å²) in [5.74, 6) is -2.57. The minimum Gasteiger partial charge on any atom is -0.381 e. The monoisotopic (exact) mass is 386 g/mol. The number of aromatic nitrogens is 3. The summed E-state index contributed by atoms with van der Waals surface area (Å²) in [4.78, 5) is 6.74. The average Bonchev–Trinajstić information content (AvgIpc) is 2.96. The number of benzene rings is 1. The number of alkyl halides is 3. The average molecular weight is 386 g/mol. The van der Waals surface area contributed by atoms with Crippen molar-refractivity contribution in [2.75, 3.05) is 5.32 Å². The summed E-state index contributed by atoms with van der Waals surface area (Å²) in [6.07, 6.45) is -2.25. The normalized spacial score (nSPS) is 11.7. The molecule has 0 bridgehead atoms. The zero-order valence-corrected chi connectivity index (χ0v) is 13.8. The van der Waals surface area contributed by atoms with E-state index >= 15 is 0 Å². The van der Waals surface area contributed by atoms with Crippen LogP contribution < -0.4 is 5.32 Å². The van der Waals surface area contributed by atoms with Crippen LogP contribution in [0.2, 0.25) is 0 Å². The Kier molecular flexibility index (Phi) is 4.81. The Labute approximate surface area is 149 Å². The molecule has 3 rings (SSSR count). The van der Waals surface area contributed by atoms with E-state index in [1.54, 1.807) is 0 Å². The Morgan fingerprint density at radius 1 is 1.04 bits per heavy atom. The third-order valence-corrected chi connectivity index (χ3v) is 3.80. The number of anilines is 1. The van der Waals surface area contributed by atoms with Gasteiger partial charge in [0, 0.05) is 24.0 Å². The molecule has 0 amide bonds. The van der Waals surface area contributed by atoms with Gasteiger partial charge in [0.25, 0.3) is 0 Å². The van der Waals surface area contributed by atoms with Gasteiger partial charge < -0.3 is 9.88 Å². The minimum absolute atomic E-state index is 0.0390. The zero-order chi connectivity index (χ0) is 19.8. The Balaban J connectivity index is 1.83. The van der Waals surface area contributed by atoms with Crippen molar-refractivity contribution in [3.8, 4) is 5.69 Å². The van der Waals surface area contributed by atoms with Crippen LogP contribution in [0.25, 0.3) is 5.69 Å². The summed E-state index contributed by atoms with van der Waals surface area (Å²) in [6.45, 7) is 1.05. The second kappa shape index (κ2) is 6.93. The van der Waals surface area contributed by atoms with Crippen LogP contribution in [0.4, 0.5) is 32.0 Å². The van der Waals surface area contributed by atoms with E-state index in [0.29, 0.717) is 6.20 Å². The van der Waals surface area contributed by atoms with Crippen molar-refractivity contribution in [1.82, 2.24) is 14.5 Å². The van der Waals surface area contributed by atoms with Gasteiger partial charge in [-0.05, 0) is 25.1 Å². The molecule has 4 nitrogen and oxygen atoms in total. The quantitative estimate of drug-likeness (QED) is 0.666. The highest BCUT2D eigenvalue weighted by Crippen LogP contribution is 2.30. The van der Waals surface area contributed by atoms with Gasteiger partial charge in [-0.25, -0.2) is 18.2 Å². The van der Waals surface area contributed by atoms with E-state index in [0.717, 1.165) is 23.0 Å². The third kappa shape index (κ3) is 3.88. The highest BCUT2D eigenvalue weighted by Gasteiger charge is 2.34. The summed E-state index contributed by atoms with van der Waals surface area (Å²) in [5.41, 5.74) is -1.34. The van der Waals surface area contributed by atoms with E-state index in [2.05, 4.69) is 15.3 Å². The van der Waals surface area contributed by atoms with Crippen LogP contribution >= 0.6 is 0 Å². The molecule has 3 aromatic rings. The summed E-state index contributed by atoms with van der Waals surface area (Å²) < 4.78 is 80.7. The van der Waals surface area contributed by atoms with Crippen molar-refractivity contribution >= 4 is 5.69 Å². The predicted octanol–water partition coefficient (Wildman–Crippen LogP) is 4.62. The fraction of sp³-hybridized carbons (Fsp3) is 0.176. The summed E-state index contributed by atoms with van der Waals surface area (Å²) in [5, 5.41) is 2.65. The van der Waals surface area contributed by atoms with Gasteiger partial charge in [-0.1, -0.05) is 0 Å². The van der Waals surface area contributed by atoms with E-state index < -0.39 is 29.3 Å². The molecular formula is C17H12F6N4. The second-order valence-corrected chi connectivity index (χ2v) is 5.64. The molecule has 0 atom stereocenters. The van der Waals surface area contributed by atoms with Crippen molar-refractivity contribution in [2.24, 2.45) is 0 Å². The molecule has 27 heavy (non-hydrogen) atoms. The van der Waals surface area contributed by atoms with Gasteiger partial charge in [0.15, 0.2) is 5.69 Å². The number of nitrogens with zero attached hydrogens (tertiary/aromatic N) is 3. The lowest BCUT2D eigenvalue weighted by atomic mass is 10.2. The van der Waals surface area contributed by atoms with Gasteiger partial charge >= 0.3 is 6.18 Å². The number of hydrogen-bond donors (Lipinski definition) is 1. The molecule has 0 radical (unpaired) electrons. The fourth-order valence-corrected chi connectivity index (χ4v) is 2.46. The van der Waals surface area contributed by atoms with Crippen LogP contribution in [0.1, 0.15) is 17.1 Å². The van der Waals surface area contributed by atoms with Gasteiger partial charge in [0.2, 0.25) is 0 Å². The first kappa shape index (κ1) is 18.7. The molecule has 0 saturated heterocycles. The Morgan fingerprint density at radius 3 is 2.26 bits per heavy atom. The topological polar surface area (TPSA) is 42.7 Å². The van der Waals surface area contributed by atoms with Gasteiger partial charge in [0.05, 0.1) is 18.1 Å². The van der Waals surface area contributed by atoms with Crippen molar-refractivity contribution in [3.05, 3.63) is 71.3 Å². The summed E-state index contributed by atoms with van der Waals surface area (Å²) >= 11 is 0. The maximum absolute atomic E-state index is 14.4. The smallest absolute Gasteiger partial charge is 0.381 e. The number of pyridine rings is 1. The Hall–Kier alpha value is -3.04. The van der Waals surface area contributed by atoms with Crippen LogP contribution in [0, 0.1) is 24.4 Å². The maximum Gasteiger partial charge on any atom is 0.434 e. The molecule has 1 N–H and O–H groups in total. The Morgan fingerprint density at radius 2 is 1.70 bits per heavy atom. The molecule has 1 aromatic carbocycles. The summed E-state index contributed by atoms with van der Waals surface area (Å²) in [6, 6.07) is 3.63. The maximum atomic E-state index is 14.4. The van der Waals surface area contributed by atoms with Crippen LogP contribution in [-0.4, -0.2) is 14.5 Å². The second-order valence-electron chi connectivity index (χ2n) is 5.64. The van der Waals surface area contributed by atoms with E-state index in [1.807, 2.05) is 0 Å². The zero-order valence-electron chi connectivity index (χ0n) is 13.8. The number of hydrogen-bond acceptors (Lipinski definition) is 3. The summed E-state index contributed by atoms with van der Waals surface area (Å²) in [7, 11) is 0. The van der Waals surface area contributed by atoms with E-state index in [4.69, 9.17) is 0 Å². The lowest BCUT2D eigenvalue weighted by Crippen LogP contribution is -2.06. The molecule has 0 aliphatic carbocycles. The molecule has 2 heterocycles. The molecule has 0 fully saturated rings. The number of nitrogens with one attached hydrogen (secondary N) is 1. The molecule has 0 unspecified atom stereocenters. The van der Waals surface area contributed by atoms with E-state index in [9.17, 15) is 26.3 Å². The first-order valence-electron chi connectivity index (χ1n) is 7.61. The van der Waals surface area contributed by atoms with Gasteiger partial charge in [-0.15, -0.1) is 0 Å². The predicted molar refractivity (Wildman–Crippen MR) is 84.7 cm³/mol. The van der Waals surface area contributed by atoms with E-state index in [-0.39, 0.29) is 29.3 Å². The van der Waals surface area contributed by atoms with Crippen molar-refractivity contribution in [1.29, 1.82) is 0 Å². The number of aryl methyl sites for hydroxylation is 1. The fourth-order valence-electron chi connectivity index (χ4n) is 2.46. The van der Waals surface area contributed by atoms with Gasteiger partial charge in [0.1, 0.15) is 23.3 Å². The lowest BCUT2D eigenvalue weighted by molar-refractivity contribution is -0.141. The first-order valence-corrected chi connectivity index (χ1v) is 7.61. The molecule has 0 aliphatic heterocycles. The molecule has 142 valence electrons. The molecule has 0 spiro atoms. The highest BCUT2D eigenvalue weighted by atomic mass is 19.4.